The Bertz CT molecular complexity index is 1280. The zero-order valence-corrected chi connectivity index (χ0v) is 25.6. The number of carbonyl (C=O) groups is 3. The van der Waals surface area contributed by atoms with E-state index in [4.69, 9.17) is 4.74 Å². The van der Waals surface area contributed by atoms with Gasteiger partial charge in [-0.05, 0) is 67.3 Å². The Hall–Kier alpha value is -3.97. The van der Waals surface area contributed by atoms with Gasteiger partial charge in [0.1, 0.15) is 17.6 Å². The normalized spacial score (nSPS) is 13.1. The Balaban J connectivity index is 1.60. The number of hydrogen-bond donors (Lipinski definition) is 3. The summed E-state index contributed by atoms with van der Waals surface area (Å²) in [7, 11) is 0. The van der Waals surface area contributed by atoms with E-state index in [1.807, 2.05) is 93.6 Å². The van der Waals surface area contributed by atoms with Crippen molar-refractivity contribution in [2.45, 2.75) is 83.9 Å². The molecule has 230 valence electrons. The zero-order chi connectivity index (χ0) is 31.0. The van der Waals surface area contributed by atoms with Crippen molar-refractivity contribution in [3.63, 3.8) is 0 Å². The topological polar surface area (TPSA) is 105 Å². The van der Waals surface area contributed by atoms with Crippen molar-refractivity contribution in [1.29, 1.82) is 0 Å². The largest absolute Gasteiger partial charge is 0.494 e. The number of nitrogens with one attached hydrogen (secondary N) is 2. The van der Waals surface area contributed by atoms with Crippen LogP contribution in [-0.2, 0) is 33.6 Å². The van der Waals surface area contributed by atoms with Gasteiger partial charge in [-0.1, -0.05) is 86.6 Å². The van der Waals surface area contributed by atoms with Crippen molar-refractivity contribution in [3.05, 3.63) is 102 Å². The first-order valence-corrected chi connectivity index (χ1v) is 15.3. The summed E-state index contributed by atoms with van der Waals surface area (Å²) < 4.78 is 5.53. The van der Waals surface area contributed by atoms with E-state index < -0.39 is 18.2 Å². The molecule has 3 atom stereocenters. The highest BCUT2D eigenvalue weighted by Gasteiger charge is 2.29. The van der Waals surface area contributed by atoms with Gasteiger partial charge in [0.05, 0.1) is 25.2 Å². The number of aryl methyl sites for hydroxylation is 1. The van der Waals surface area contributed by atoms with Crippen molar-refractivity contribution in [3.8, 4) is 5.75 Å². The van der Waals surface area contributed by atoms with Crippen LogP contribution in [0.2, 0.25) is 0 Å². The first kappa shape index (κ1) is 33.5. The summed E-state index contributed by atoms with van der Waals surface area (Å²) in [6.45, 7) is 6.18. The van der Waals surface area contributed by atoms with Crippen LogP contribution < -0.4 is 15.4 Å². The van der Waals surface area contributed by atoms with Crippen LogP contribution in [0, 0.1) is 5.92 Å². The summed E-state index contributed by atoms with van der Waals surface area (Å²) in [5.41, 5.74) is 2.95. The highest BCUT2D eigenvalue weighted by Crippen LogP contribution is 2.16. The van der Waals surface area contributed by atoms with Gasteiger partial charge in [-0.2, -0.15) is 0 Å². The van der Waals surface area contributed by atoms with Crippen molar-refractivity contribution >= 4 is 17.6 Å². The van der Waals surface area contributed by atoms with E-state index in [9.17, 15) is 19.5 Å². The van der Waals surface area contributed by atoms with Crippen LogP contribution in [0.15, 0.2) is 84.9 Å². The van der Waals surface area contributed by atoms with Crippen LogP contribution in [0.25, 0.3) is 0 Å². The Morgan fingerprint density at radius 1 is 0.814 bits per heavy atom. The molecule has 0 bridgehead atoms. The molecule has 7 nitrogen and oxygen atoms in total. The van der Waals surface area contributed by atoms with Crippen LogP contribution >= 0.6 is 0 Å². The number of carbonyl (C=O) groups excluding carboxylic acids is 3. The fourth-order valence-corrected chi connectivity index (χ4v) is 5.05. The van der Waals surface area contributed by atoms with Gasteiger partial charge in [-0.15, -0.1) is 0 Å². The quantitative estimate of drug-likeness (QED) is 0.189. The van der Waals surface area contributed by atoms with Gasteiger partial charge < -0.3 is 20.5 Å². The molecule has 0 aromatic heterocycles. The van der Waals surface area contributed by atoms with Gasteiger partial charge in [-0.3, -0.25) is 14.4 Å². The minimum Gasteiger partial charge on any atom is -0.494 e. The molecule has 0 aliphatic carbocycles. The van der Waals surface area contributed by atoms with E-state index in [1.54, 1.807) is 0 Å². The lowest BCUT2D eigenvalue weighted by atomic mass is 9.95. The molecule has 0 aliphatic heterocycles. The number of aliphatic hydroxyl groups is 1. The molecule has 0 aliphatic rings. The van der Waals surface area contributed by atoms with Crippen LogP contribution in [0.1, 0.15) is 63.1 Å². The van der Waals surface area contributed by atoms with E-state index in [0.29, 0.717) is 25.2 Å². The highest BCUT2D eigenvalue weighted by molar-refractivity contribution is 5.88. The first-order chi connectivity index (χ1) is 20.7. The van der Waals surface area contributed by atoms with Gasteiger partial charge in [0.25, 0.3) is 0 Å². The van der Waals surface area contributed by atoms with Gasteiger partial charge in [0.15, 0.2) is 0 Å². The number of Topliss-reactive ketones (excluding diaryl/α,β-unsaturated/α-hetero) is 1. The molecule has 3 aromatic rings. The summed E-state index contributed by atoms with van der Waals surface area (Å²) in [6, 6.07) is 25.6. The molecule has 3 rings (SSSR count). The third-order valence-electron chi connectivity index (χ3n) is 7.41. The number of ketones is 1. The Kier molecular flexibility index (Phi) is 13.9. The number of benzene rings is 3. The molecule has 0 unspecified atom stereocenters. The second kappa shape index (κ2) is 17.9. The van der Waals surface area contributed by atoms with Crippen molar-refractivity contribution < 1.29 is 24.2 Å². The van der Waals surface area contributed by atoms with Crippen molar-refractivity contribution in [2.24, 2.45) is 5.92 Å². The van der Waals surface area contributed by atoms with E-state index in [1.165, 1.54) is 5.56 Å². The first-order valence-electron chi connectivity index (χ1n) is 15.3. The molecule has 7 heteroatoms. The van der Waals surface area contributed by atoms with Gasteiger partial charge >= 0.3 is 0 Å². The van der Waals surface area contributed by atoms with Crippen molar-refractivity contribution in [1.82, 2.24) is 10.6 Å². The molecule has 0 radical (unpaired) electrons. The molecular weight excluding hydrogens is 540 g/mol. The van der Waals surface area contributed by atoms with E-state index >= 15 is 0 Å². The maximum absolute atomic E-state index is 13.5. The highest BCUT2D eigenvalue weighted by atomic mass is 16.5. The lowest BCUT2D eigenvalue weighted by molar-refractivity contribution is -0.130. The maximum atomic E-state index is 13.5. The number of ether oxygens (including phenoxy) is 1. The Morgan fingerprint density at radius 2 is 1.47 bits per heavy atom. The summed E-state index contributed by atoms with van der Waals surface area (Å²) >= 11 is 0. The Morgan fingerprint density at radius 3 is 2.12 bits per heavy atom. The predicted molar refractivity (Wildman–Crippen MR) is 170 cm³/mol. The fraction of sp³-hybridized carbons (Fsp3) is 0.417. The molecule has 0 fully saturated rings. The molecule has 3 aromatic carbocycles. The molecule has 43 heavy (non-hydrogen) atoms. The van der Waals surface area contributed by atoms with Crippen LogP contribution in [0.3, 0.4) is 0 Å². The molecule has 0 saturated carbocycles. The molecule has 0 saturated heterocycles. The van der Waals surface area contributed by atoms with Gasteiger partial charge in [0, 0.05) is 12.8 Å². The number of rotatable bonds is 18. The minimum absolute atomic E-state index is 0.0977. The summed E-state index contributed by atoms with van der Waals surface area (Å²) in [5, 5.41) is 17.1. The molecule has 3 N–H and O–H groups in total. The number of aliphatic hydroxyl groups excluding tert-OH is 1. The summed E-state index contributed by atoms with van der Waals surface area (Å²) in [5.74, 6) is -0.0253. The monoisotopic (exact) mass is 586 g/mol. The lowest BCUT2D eigenvalue weighted by Crippen LogP contribution is -2.55. The van der Waals surface area contributed by atoms with Gasteiger partial charge in [-0.25, -0.2) is 0 Å². The molecule has 2 amide bonds. The SMILES string of the molecule is CCOc1cccc(CC(=O)N[C@H](C(=O)N[C@@H](Cc2ccccc2)[C@@H](O)CCC(=O)CCCc2ccccc2)C(C)C)c1. The molecular formula is C36H46N2O5. The van der Waals surface area contributed by atoms with Crippen LogP contribution in [0.5, 0.6) is 5.75 Å². The number of amides is 2. The fourth-order valence-electron chi connectivity index (χ4n) is 5.05. The van der Waals surface area contributed by atoms with Gasteiger partial charge in [0.2, 0.25) is 11.8 Å². The lowest BCUT2D eigenvalue weighted by Gasteiger charge is -2.28. The maximum Gasteiger partial charge on any atom is 0.243 e. The van der Waals surface area contributed by atoms with Crippen LogP contribution in [0.4, 0.5) is 0 Å². The average molecular weight is 587 g/mol. The Labute approximate surface area is 256 Å². The molecule has 0 spiro atoms. The predicted octanol–water partition coefficient (Wildman–Crippen LogP) is 5.23. The van der Waals surface area contributed by atoms with Crippen LogP contribution in [-0.4, -0.2) is 47.5 Å². The minimum atomic E-state index is -0.924. The standard InChI is InChI=1S/C36H46N2O5/c1-4-43-31-20-12-18-29(23-31)25-34(41)38-35(26(2)3)36(42)37-32(24-28-15-9-6-10-16-28)33(40)22-21-30(39)19-11-17-27-13-7-5-8-14-27/h5-10,12-16,18,20,23,26,32-33,35,40H,4,11,17,19,21-22,24-25H2,1-3H3,(H,37,42)(H,38,41)/t32-,33-,35-/m0/s1. The smallest absolute Gasteiger partial charge is 0.243 e. The summed E-state index contributed by atoms with van der Waals surface area (Å²) in [4.78, 5) is 39.1. The average Bonchev–Trinajstić information content (AvgIpc) is 2.99. The second-order valence-electron chi connectivity index (χ2n) is 11.3. The third-order valence-corrected chi connectivity index (χ3v) is 7.41. The molecule has 0 heterocycles. The third kappa shape index (κ3) is 12.0. The van der Waals surface area contributed by atoms with E-state index in [-0.39, 0.29) is 42.8 Å². The van der Waals surface area contributed by atoms with E-state index in [0.717, 1.165) is 24.0 Å². The zero-order valence-electron chi connectivity index (χ0n) is 25.6. The summed E-state index contributed by atoms with van der Waals surface area (Å²) in [6.07, 6.45) is 2.12. The number of hydrogen-bond acceptors (Lipinski definition) is 5. The second-order valence-corrected chi connectivity index (χ2v) is 11.3. The van der Waals surface area contributed by atoms with Crippen molar-refractivity contribution in [2.75, 3.05) is 6.61 Å². The van der Waals surface area contributed by atoms with E-state index in [2.05, 4.69) is 22.8 Å².